The van der Waals surface area contributed by atoms with Gasteiger partial charge >= 0.3 is 0 Å². The van der Waals surface area contributed by atoms with Crippen molar-refractivity contribution in [3.05, 3.63) is 47.3 Å². The highest BCUT2D eigenvalue weighted by molar-refractivity contribution is 5.59. The van der Waals surface area contributed by atoms with Crippen LogP contribution in [0.4, 0.5) is 20.4 Å². The third-order valence-corrected chi connectivity index (χ3v) is 2.80. The van der Waals surface area contributed by atoms with E-state index in [0.29, 0.717) is 11.5 Å². The van der Waals surface area contributed by atoms with Gasteiger partial charge in [-0.05, 0) is 31.5 Å². The molecule has 0 radical (unpaired) electrons. The van der Waals surface area contributed by atoms with E-state index in [1.165, 1.54) is 17.9 Å². The Kier molecular flexibility index (Phi) is 3.23. The number of aryl methyl sites for hydroxylation is 1. The molecule has 2 rings (SSSR count). The molecule has 0 atom stereocenters. The minimum atomic E-state index is -0.590. The summed E-state index contributed by atoms with van der Waals surface area (Å²) in [5.74, 6) is -0.742. The van der Waals surface area contributed by atoms with E-state index < -0.39 is 11.6 Å². The predicted molar refractivity (Wildman–Crippen MR) is 65.9 cm³/mol. The van der Waals surface area contributed by atoms with Crippen molar-refractivity contribution in [3.8, 4) is 0 Å². The molecule has 2 aromatic rings. The molecule has 1 heterocycles. The first-order chi connectivity index (χ1) is 8.52. The van der Waals surface area contributed by atoms with Gasteiger partial charge in [-0.2, -0.15) is 0 Å². The van der Waals surface area contributed by atoms with Gasteiger partial charge in [0, 0.05) is 25.0 Å². The Morgan fingerprint density at radius 1 is 1.06 bits per heavy atom. The monoisotopic (exact) mass is 249 g/mol. The van der Waals surface area contributed by atoms with Crippen LogP contribution in [0.15, 0.2) is 24.5 Å². The van der Waals surface area contributed by atoms with Crippen LogP contribution < -0.4 is 4.90 Å². The molecule has 0 spiro atoms. The van der Waals surface area contributed by atoms with E-state index in [0.717, 1.165) is 0 Å². The largest absolute Gasteiger partial charge is 0.311 e. The molecule has 0 aliphatic rings. The number of hydrogen-bond donors (Lipinski definition) is 0. The van der Waals surface area contributed by atoms with Gasteiger partial charge in [-0.3, -0.25) is 0 Å². The molecule has 1 aromatic heterocycles. The highest BCUT2D eigenvalue weighted by Crippen LogP contribution is 2.28. The molecule has 0 unspecified atom stereocenters. The summed E-state index contributed by atoms with van der Waals surface area (Å²) in [5, 5.41) is 0. The van der Waals surface area contributed by atoms with Crippen LogP contribution in [0.5, 0.6) is 0 Å². The van der Waals surface area contributed by atoms with Gasteiger partial charge in [-0.25, -0.2) is 18.7 Å². The number of nitrogens with zero attached hydrogens (tertiary/aromatic N) is 3. The van der Waals surface area contributed by atoms with Crippen LogP contribution in [-0.4, -0.2) is 17.0 Å². The fourth-order valence-corrected chi connectivity index (χ4v) is 1.73. The molecule has 0 aliphatic carbocycles. The van der Waals surface area contributed by atoms with Crippen molar-refractivity contribution in [2.45, 2.75) is 13.8 Å². The molecule has 0 saturated carbocycles. The van der Waals surface area contributed by atoms with Crippen LogP contribution in [0.1, 0.15) is 11.1 Å². The third kappa shape index (κ3) is 2.03. The third-order valence-electron chi connectivity index (χ3n) is 2.80. The van der Waals surface area contributed by atoms with E-state index in [-0.39, 0.29) is 11.3 Å². The molecule has 0 bridgehead atoms. The first kappa shape index (κ1) is 12.4. The van der Waals surface area contributed by atoms with Crippen molar-refractivity contribution in [2.75, 3.05) is 11.9 Å². The summed E-state index contributed by atoms with van der Waals surface area (Å²) >= 11 is 0. The van der Waals surface area contributed by atoms with Crippen molar-refractivity contribution in [1.29, 1.82) is 0 Å². The Balaban J connectivity index is 2.52. The highest BCUT2D eigenvalue weighted by Gasteiger charge is 2.17. The van der Waals surface area contributed by atoms with Crippen LogP contribution in [-0.2, 0) is 0 Å². The maximum atomic E-state index is 14.0. The lowest BCUT2D eigenvalue weighted by Gasteiger charge is -2.19. The predicted octanol–water partition coefficient (Wildman–Crippen LogP) is 3.14. The van der Waals surface area contributed by atoms with Gasteiger partial charge in [0.1, 0.15) is 5.82 Å². The second kappa shape index (κ2) is 4.68. The molecule has 0 aliphatic heterocycles. The highest BCUT2D eigenvalue weighted by atomic mass is 19.1. The van der Waals surface area contributed by atoms with Crippen molar-refractivity contribution in [1.82, 2.24) is 9.97 Å². The van der Waals surface area contributed by atoms with Crippen molar-refractivity contribution in [3.63, 3.8) is 0 Å². The van der Waals surface area contributed by atoms with Gasteiger partial charge in [0.15, 0.2) is 5.82 Å². The summed E-state index contributed by atoms with van der Waals surface area (Å²) in [6, 6.07) is 3.13. The summed E-state index contributed by atoms with van der Waals surface area (Å²) < 4.78 is 27.6. The molecule has 3 nitrogen and oxygen atoms in total. The fraction of sp³-hybridized carbons (Fsp3) is 0.231. The first-order valence-electron chi connectivity index (χ1n) is 5.48. The van der Waals surface area contributed by atoms with Gasteiger partial charge in [0.25, 0.3) is 0 Å². The molecular weight excluding hydrogens is 236 g/mol. The SMILES string of the molecule is Cc1cc(N(C)c2ncccn2)c(F)c(C)c1F. The number of rotatable bonds is 2. The molecule has 0 saturated heterocycles. The topological polar surface area (TPSA) is 29.0 Å². The second-order valence-electron chi connectivity index (χ2n) is 4.07. The zero-order valence-electron chi connectivity index (χ0n) is 10.4. The van der Waals surface area contributed by atoms with Crippen LogP contribution >= 0.6 is 0 Å². The maximum absolute atomic E-state index is 14.0. The zero-order chi connectivity index (χ0) is 13.3. The van der Waals surface area contributed by atoms with Gasteiger partial charge < -0.3 is 4.90 Å². The van der Waals surface area contributed by atoms with Crippen LogP contribution in [0.2, 0.25) is 0 Å². The average molecular weight is 249 g/mol. The summed E-state index contributed by atoms with van der Waals surface area (Å²) in [7, 11) is 1.64. The Morgan fingerprint density at radius 3 is 2.28 bits per heavy atom. The fourth-order valence-electron chi connectivity index (χ4n) is 1.73. The van der Waals surface area contributed by atoms with Gasteiger partial charge in [-0.15, -0.1) is 0 Å². The minimum Gasteiger partial charge on any atom is -0.311 e. The molecule has 5 heteroatoms. The molecule has 0 amide bonds. The van der Waals surface area contributed by atoms with Gasteiger partial charge in [0.05, 0.1) is 5.69 Å². The van der Waals surface area contributed by atoms with E-state index in [4.69, 9.17) is 0 Å². The Hall–Kier alpha value is -2.04. The normalized spacial score (nSPS) is 10.5. The van der Waals surface area contributed by atoms with E-state index in [2.05, 4.69) is 9.97 Å². The van der Waals surface area contributed by atoms with Crippen molar-refractivity contribution < 1.29 is 8.78 Å². The Morgan fingerprint density at radius 2 is 1.67 bits per heavy atom. The lowest BCUT2D eigenvalue weighted by Crippen LogP contribution is -2.15. The molecule has 1 aromatic carbocycles. The summed E-state index contributed by atoms with van der Waals surface area (Å²) in [4.78, 5) is 9.56. The number of hydrogen-bond acceptors (Lipinski definition) is 3. The zero-order valence-corrected chi connectivity index (χ0v) is 10.4. The van der Waals surface area contributed by atoms with Crippen LogP contribution in [0.25, 0.3) is 0 Å². The van der Waals surface area contributed by atoms with Crippen molar-refractivity contribution >= 4 is 11.6 Å². The quantitative estimate of drug-likeness (QED) is 0.818. The smallest absolute Gasteiger partial charge is 0.229 e. The summed E-state index contributed by atoms with van der Waals surface area (Å²) in [6.45, 7) is 3.02. The molecule has 94 valence electrons. The van der Waals surface area contributed by atoms with Gasteiger partial charge in [0.2, 0.25) is 5.95 Å². The summed E-state index contributed by atoms with van der Waals surface area (Å²) in [5.41, 5.74) is 0.664. The summed E-state index contributed by atoms with van der Waals surface area (Å²) in [6.07, 6.45) is 3.14. The molecule has 0 fully saturated rings. The van der Waals surface area contributed by atoms with Crippen LogP contribution in [0, 0.1) is 25.5 Å². The number of aromatic nitrogens is 2. The van der Waals surface area contributed by atoms with Crippen molar-refractivity contribution in [2.24, 2.45) is 0 Å². The number of halogens is 2. The van der Waals surface area contributed by atoms with Crippen LogP contribution in [0.3, 0.4) is 0 Å². The van der Waals surface area contributed by atoms with E-state index in [1.807, 2.05) is 0 Å². The van der Waals surface area contributed by atoms with E-state index in [1.54, 1.807) is 32.4 Å². The molecule has 18 heavy (non-hydrogen) atoms. The van der Waals surface area contributed by atoms with E-state index >= 15 is 0 Å². The number of anilines is 2. The first-order valence-corrected chi connectivity index (χ1v) is 5.48. The number of benzene rings is 1. The lowest BCUT2D eigenvalue weighted by atomic mass is 10.1. The maximum Gasteiger partial charge on any atom is 0.229 e. The molecular formula is C13H13F2N3. The standard InChI is InChI=1S/C13H13F2N3/c1-8-7-10(12(15)9(2)11(8)14)18(3)13-16-5-4-6-17-13/h4-7H,1-3H3. The molecule has 0 N–H and O–H groups in total. The minimum absolute atomic E-state index is 0.00720. The second-order valence-corrected chi connectivity index (χ2v) is 4.07. The lowest BCUT2D eigenvalue weighted by molar-refractivity contribution is 0.562. The Labute approximate surface area is 104 Å². The van der Waals surface area contributed by atoms with E-state index in [9.17, 15) is 8.78 Å². The van der Waals surface area contributed by atoms with Gasteiger partial charge in [-0.1, -0.05) is 0 Å². The Bertz CT molecular complexity index is 570. The average Bonchev–Trinajstić information content (AvgIpc) is 2.41.